The number of carbonyl (C=O) groups is 1. The van der Waals surface area contributed by atoms with Crippen molar-refractivity contribution < 1.29 is 22.7 Å². The molecular formula is C28H30F3N5O2S. The minimum Gasteiger partial charge on any atom is -0.462 e. The number of thioether (sulfide) groups is 1. The number of amides is 1. The lowest BCUT2D eigenvalue weighted by Gasteiger charge is -2.21. The summed E-state index contributed by atoms with van der Waals surface area (Å²) in [5.41, 5.74) is 1.26. The quantitative estimate of drug-likeness (QED) is 0.280. The molecule has 206 valence electrons. The minimum absolute atomic E-state index is 0.0337. The van der Waals surface area contributed by atoms with Crippen molar-refractivity contribution in [2.24, 2.45) is 0 Å². The van der Waals surface area contributed by atoms with Crippen molar-refractivity contribution in [2.45, 2.75) is 36.6 Å². The van der Waals surface area contributed by atoms with Crippen LogP contribution in [0.15, 0.2) is 41.6 Å². The van der Waals surface area contributed by atoms with Gasteiger partial charge in [-0.05, 0) is 68.3 Å². The molecule has 1 fully saturated rings. The fraction of sp³-hybridized carbons (Fsp3) is 0.393. The highest BCUT2D eigenvalue weighted by Gasteiger charge is 2.26. The number of likely N-dealkylation sites (N-methyl/N-ethyl adjacent to an activating group) is 1. The van der Waals surface area contributed by atoms with E-state index in [0.29, 0.717) is 12.2 Å². The number of nitrogens with one attached hydrogen (secondary N) is 2. The monoisotopic (exact) mass is 557 g/mol. The number of carbonyl (C=O) groups excluding carboxylic acids is 1. The van der Waals surface area contributed by atoms with Crippen LogP contribution in [0.4, 0.5) is 19.0 Å². The molecule has 0 bridgehead atoms. The zero-order valence-electron chi connectivity index (χ0n) is 21.7. The molecule has 0 aliphatic carbocycles. The third kappa shape index (κ3) is 5.84. The van der Waals surface area contributed by atoms with Gasteiger partial charge in [-0.15, -0.1) is 11.8 Å². The van der Waals surface area contributed by atoms with Crippen LogP contribution in [-0.2, 0) is 11.2 Å². The maximum Gasteiger partial charge on any atom is 0.319 e. The molecule has 0 saturated carbocycles. The van der Waals surface area contributed by atoms with Crippen LogP contribution < -0.4 is 15.4 Å². The summed E-state index contributed by atoms with van der Waals surface area (Å²) in [7, 11) is 2.02. The molecule has 11 heteroatoms. The first kappa shape index (κ1) is 27.3. The Kier molecular flexibility index (Phi) is 8.27. The number of rotatable bonds is 9. The third-order valence-electron chi connectivity index (χ3n) is 7.12. The Balaban J connectivity index is 1.52. The van der Waals surface area contributed by atoms with Gasteiger partial charge in [0.15, 0.2) is 11.6 Å². The molecule has 0 spiro atoms. The van der Waals surface area contributed by atoms with Gasteiger partial charge in [-0.2, -0.15) is 9.97 Å². The van der Waals surface area contributed by atoms with Crippen molar-refractivity contribution in [3.63, 3.8) is 0 Å². The molecule has 0 unspecified atom stereocenters. The summed E-state index contributed by atoms with van der Waals surface area (Å²) in [6.07, 6.45) is 3.70. The molecule has 3 aromatic rings. The van der Waals surface area contributed by atoms with Crippen molar-refractivity contribution >= 4 is 34.4 Å². The van der Waals surface area contributed by atoms with Crippen LogP contribution in [0.2, 0.25) is 0 Å². The smallest absolute Gasteiger partial charge is 0.319 e. The van der Waals surface area contributed by atoms with Crippen molar-refractivity contribution in [2.75, 3.05) is 44.4 Å². The highest BCUT2D eigenvalue weighted by Crippen LogP contribution is 2.41. The van der Waals surface area contributed by atoms with Gasteiger partial charge in [0.25, 0.3) is 5.91 Å². The topological polar surface area (TPSA) is 79.4 Å². The molecule has 2 N–H and O–H groups in total. The summed E-state index contributed by atoms with van der Waals surface area (Å²) < 4.78 is 50.7. The number of hydrogen-bond acceptors (Lipinski definition) is 7. The number of benzene rings is 2. The van der Waals surface area contributed by atoms with Crippen molar-refractivity contribution in [1.29, 1.82) is 0 Å². The fourth-order valence-corrected chi connectivity index (χ4v) is 6.13. The van der Waals surface area contributed by atoms with E-state index in [1.807, 2.05) is 19.2 Å². The lowest BCUT2D eigenvalue weighted by atomic mass is 9.94. The summed E-state index contributed by atoms with van der Waals surface area (Å²) in [5.74, 6) is -2.42. The molecule has 2 aliphatic heterocycles. The van der Waals surface area contributed by atoms with Crippen LogP contribution in [0.1, 0.15) is 24.8 Å². The van der Waals surface area contributed by atoms with Gasteiger partial charge in [-0.25, -0.2) is 13.2 Å². The molecule has 2 aliphatic rings. The van der Waals surface area contributed by atoms with Crippen LogP contribution in [0, 0.1) is 11.6 Å². The minimum atomic E-state index is -1.10. The molecule has 5 rings (SSSR count). The van der Waals surface area contributed by atoms with Crippen LogP contribution in [0.3, 0.4) is 0 Å². The van der Waals surface area contributed by atoms with E-state index < -0.39 is 23.4 Å². The Bertz CT molecular complexity index is 1420. The van der Waals surface area contributed by atoms with E-state index in [2.05, 4.69) is 32.1 Å². The number of halogens is 3. The van der Waals surface area contributed by atoms with Crippen molar-refractivity contribution in [1.82, 2.24) is 20.2 Å². The molecule has 7 nitrogen and oxygen atoms in total. The highest BCUT2D eigenvalue weighted by atomic mass is 32.2. The van der Waals surface area contributed by atoms with E-state index in [1.54, 1.807) is 17.8 Å². The van der Waals surface area contributed by atoms with Crippen molar-refractivity contribution in [3.05, 3.63) is 53.9 Å². The Labute approximate surface area is 229 Å². The molecule has 3 heterocycles. The Morgan fingerprint density at radius 1 is 1.26 bits per heavy atom. The van der Waals surface area contributed by atoms with Crippen LogP contribution in [0.25, 0.3) is 22.0 Å². The van der Waals surface area contributed by atoms with E-state index in [1.165, 1.54) is 6.07 Å². The highest BCUT2D eigenvalue weighted by molar-refractivity contribution is 7.99. The zero-order valence-corrected chi connectivity index (χ0v) is 22.5. The first-order chi connectivity index (χ1) is 18.8. The normalized spacial score (nSPS) is 17.2. The zero-order chi connectivity index (χ0) is 27.5. The SMILES string of the molecule is C=C(F)C(=O)NCCNc1nc(OC[C@@H]2CCCN2C)nc2c(F)c(-c3cccc4c3CCCS4)c(F)cc12. The van der Waals surface area contributed by atoms with E-state index in [4.69, 9.17) is 4.74 Å². The van der Waals surface area contributed by atoms with Gasteiger partial charge in [-0.1, -0.05) is 18.7 Å². The van der Waals surface area contributed by atoms with Gasteiger partial charge in [0.05, 0.1) is 5.56 Å². The largest absolute Gasteiger partial charge is 0.462 e. The maximum atomic E-state index is 16.2. The fourth-order valence-electron chi connectivity index (χ4n) is 5.06. The third-order valence-corrected chi connectivity index (χ3v) is 8.31. The number of nitrogens with zero attached hydrogens (tertiary/aromatic N) is 3. The van der Waals surface area contributed by atoms with Gasteiger partial charge >= 0.3 is 6.01 Å². The maximum absolute atomic E-state index is 16.2. The van der Waals surface area contributed by atoms with E-state index in [-0.39, 0.29) is 47.4 Å². The predicted molar refractivity (Wildman–Crippen MR) is 147 cm³/mol. The van der Waals surface area contributed by atoms with Crippen LogP contribution in [-0.4, -0.2) is 65.9 Å². The molecule has 1 aromatic heterocycles. The van der Waals surface area contributed by atoms with Crippen LogP contribution in [0.5, 0.6) is 6.01 Å². The van der Waals surface area contributed by atoms with Crippen LogP contribution >= 0.6 is 11.8 Å². The number of likely N-dealkylation sites (tertiary alicyclic amines) is 1. The summed E-state index contributed by atoms with van der Waals surface area (Å²) >= 11 is 1.69. The first-order valence-electron chi connectivity index (χ1n) is 13.0. The Morgan fingerprint density at radius 3 is 2.87 bits per heavy atom. The van der Waals surface area contributed by atoms with Gasteiger partial charge in [0.1, 0.15) is 23.8 Å². The number of fused-ring (bicyclic) bond motifs is 2. The summed E-state index contributed by atoms with van der Waals surface area (Å²) in [6.45, 7) is 4.40. The van der Waals surface area contributed by atoms with Gasteiger partial charge in [0.2, 0.25) is 0 Å². The Morgan fingerprint density at radius 2 is 2.10 bits per heavy atom. The molecule has 2 aromatic carbocycles. The molecule has 1 amide bonds. The van der Waals surface area contributed by atoms with Crippen molar-refractivity contribution in [3.8, 4) is 17.1 Å². The average molecular weight is 558 g/mol. The molecule has 1 saturated heterocycles. The number of hydrogen-bond donors (Lipinski definition) is 2. The van der Waals surface area contributed by atoms with Gasteiger partial charge in [-0.3, -0.25) is 4.79 Å². The number of anilines is 1. The summed E-state index contributed by atoms with van der Waals surface area (Å²) in [6, 6.07) is 6.91. The average Bonchev–Trinajstić information content (AvgIpc) is 3.34. The predicted octanol–water partition coefficient (Wildman–Crippen LogP) is 5.10. The number of ether oxygens (including phenoxy) is 1. The summed E-state index contributed by atoms with van der Waals surface area (Å²) in [5, 5.41) is 5.47. The van der Waals surface area contributed by atoms with Gasteiger partial charge in [0, 0.05) is 29.4 Å². The Hall–Kier alpha value is -3.31. The lowest BCUT2D eigenvalue weighted by Crippen LogP contribution is -2.31. The summed E-state index contributed by atoms with van der Waals surface area (Å²) in [4.78, 5) is 23.4. The second kappa shape index (κ2) is 11.8. The molecule has 1 atom stereocenters. The lowest BCUT2D eigenvalue weighted by molar-refractivity contribution is -0.118. The first-order valence-corrected chi connectivity index (χ1v) is 14.0. The second-order valence-electron chi connectivity index (χ2n) is 9.71. The van der Waals surface area contributed by atoms with Gasteiger partial charge < -0.3 is 20.3 Å². The second-order valence-corrected chi connectivity index (χ2v) is 10.8. The van der Waals surface area contributed by atoms with E-state index >= 15 is 8.78 Å². The molecule has 0 radical (unpaired) electrons. The van der Waals surface area contributed by atoms with E-state index in [9.17, 15) is 9.18 Å². The molecular weight excluding hydrogens is 527 g/mol. The molecule has 39 heavy (non-hydrogen) atoms. The standard InChI is InChI=1S/C28H30F3N5O2S/c1-16(29)27(37)33-11-10-32-26-20-14-21(30)23(19-7-3-9-22-18(19)8-5-13-39-22)24(31)25(20)34-28(35-26)38-15-17-6-4-12-36(17)2/h3,7,9,14,17H,1,4-6,8,10-13,15H2,2H3,(H,33,37)(H,32,34,35)/t17-/m0/s1. The van der Waals surface area contributed by atoms with E-state index in [0.717, 1.165) is 48.4 Å². The number of aromatic nitrogens is 2.